The molecule has 2 aliphatic heterocycles. The van der Waals surface area contributed by atoms with Crippen molar-refractivity contribution in [2.75, 3.05) is 6.54 Å². The van der Waals surface area contributed by atoms with E-state index in [1.165, 1.54) is 22.3 Å². The molecule has 3 aromatic carbocycles. The molecule has 0 bridgehead atoms. The maximum atomic E-state index is 13.2. The van der Waals surface area contributed by atoms with Crippen LogP contribution < -0.4 is 0 Å². The lowest BCUT2D eigenvalue weighted by Gasteiger charge is -2.35. The number of aromatic nitrogens is 1. The number of rotatable bonds is 2. The van der Waals surface area contributed by atoms with Crippen LogP contribution in [0.25, 0.3) is 21.8 Å². The summed E-state index contributed by atoms with van der Waals surface area (Å²) < 4.78 is 1.86. The number of fused-ring (bicyclic) bond motifs is 5. The Kier molecular flexibility index (Phi) is 3.87. The number of carbonyl (C=O) groups is 1. The number of phenols is 1. The molecule has 6 rings (SSSR count). The fourth-order valence-electron chi connectivity index (χ4n) is 5.68. The predicted octanol–water partition coefficient (Wildman–Crippen LogP) is 5.38. The van der Waals surface area contributed by atoms with E-state index in [4.69, 9.17) is 0 Å². The summed E-state index contributed by atoms with van der Waals surface area (Å²) in [5.41, 5.74) is 6.77. The van der Waals surface area contributed by atoms with Crippen LogP contribution in [0.5, 0.6) is 5.75 Å². The number of aromatic hydroxyl groups is 1. The van der Waals surface area contributed by atoms with Crippen LogP contribution in [0.4, 0.5) is 0 Å². The van der Waals surface area contributed by atoms with E-state index in [1.54, 1.807) is 6.07 Å². The smallest absolute Gasteiger partial charge is 0.232 e. The summed E-state index contributed by atoms with van der Waals surface area (Å²) in [5.74, 6) is 0.379. The van der Waals surface area contributed by atoms with Crippen molar-refractivity contribution in [1.82, 2.24) is 9.47 Å². The highest BCUT2D eigenvalue weighted by atomic mass is 16.3. The molecular weight excluding hydrogens is 384 g/mol. The van der Waals surface area contributed by atoms with Crippen LogP contribution >= 0.6 is 0 Å². The first-order chi connectivity index (χ1) is 14.9. The molecule has 3 heterocycles. The molecule has 2 aliphatic rings. The second kappa shape index (κ2) is 6.44. The molecular formula is C27H26N2O2. The maximum absolute atomic E-state index is 13.2. The maximum Gasteiger partial charge on any atom is 0.232 e. The van der Waals surface area contributed by atoms with Gasteiger partial charge in [-0.15, -0.1) is 0 Å². The van der Waals surface area contributed by atoms with Crippen molar-refractivity contribution in [2.24, 2.45) is 0 Å². The Hall–Kier alpha value is -3.11. The molecule has 0 unspecified atom stereocenters. The van der Waals surface area contributed by atoms with Gasteiger partial charge in [-0.1, -0.05) is 56.3 Å². The first-order valence-electron chi connectivity index (χ1n) is 11.0. The van der Waals surface area contributed by atoms with Gasteiger partial charge in [-0.2, -0.15) is 0 Å². The lowest BCUT2D eigenvalue weighted by Crippen LogP contribution is -2.33. The second-order valence-corrected chi connectivity index (χ2v) is 9.69. The standard InChI is InChI=1S/C27H26N2O2/c1-27(2)14-23(31)29-21-9-6-10-22(30)25(21)24-19-11-12-28(15-17-7-4-3-5-8-17)16-18(19)13-20(27)26(24)29/h3-10,13,30H,11-12,14-16H2,1-2H3. The monoisotopic (exact) mass is 410 g/mol. The topological polar surface area (TPSA) is 45.5 Å². The fourth-order valence-corrected chi connectivity index (χ4v) is 5.68. The molecule has 4 aromatic rings. The molecule has 4 heteroatoms. The Morgan fingerprint density at radius 2 is 1.84 bits per heavy atom. The van der Waals surface area contributed by atoms with Crippen molar-refractivity contribution in [1.29, 1.82) is 0 Å². The molecule has 0 amide bonds. The molecule has 0 aliphatic carbocycles. The number of nitrogens with zero attached hydrogens (tertiary/aromatic N) is 2. The zero-order valence-electron chi connectivity index (χ0n) is 18.0. The Morgan fingerprint density at radius 3 is 2.65 bits per heavy atom. The minimum Gasteiger partial charge on any atom is -0.507 e. The molecule has 1 N–H and O–H groups in total. The number of benzene rings is 3. The summed E-state index contributed by atoms with van der Waals surface area (Å²) in [7, 11) is 0. The average molecular weight is 411 g/mol. The molecule has 0 fully saturated rings. The van der Waals surface area contributed by atoms with Crippen LogP contribution in [0.15, 0.2) is 54.6 Å². The van der Waals surface area contributed by atoms with Gasteiger partial charge in [0, 0.05) is 36.9 Å². The zero-order valence-corrected chi connectivity index (χ0v) is 18.0. The summed E-state index contributed by atoms with van der Waals surface area (Å²) >= 11 is 0. The number of carbonyl (C=O) groups excluding carboxylic acids is 1. The summed E-state index contributed by atoms with van der Waals surface area (Å²) in [6.45, 7) is 7.11. The summed E-state index contributed by atoms with van der Waals surface area (Å²) in [5, 5.41) is 12.7. The number of phenolic OH excluding ortho intramolecular Hbond substituents is 1. The van der Waals surface area contributed by atoms with Gasteiger partial charge in [0.2, 0.25) is 5.91 Å². The molecule has 31 heavy (non-hydrogen) atoms. The van der Waals surface area contributed by atoms with Gasteiger partial charge in [0.1, 0.15) is 5.75 Å². The van der Waals surface area contributed by atoms with E-state index in [2.05, 4.69) is 55.1 Å². The molecule has 0 radical (unpaired) electrons. The highest BCUT2D eigenvalue weighted by Crippen LogP contribution is 2.47. The highest BCUT2D eigenvalue weighted by molar-refractivity contribution is 6.19. The van der Waals surface area contributed by atoms with Crippen molar-refractivity contribution in [2.45, 2.75) is 45.2 Å². The quantitative estimate of drug-likeness (QED) is 0.483. The van der Waals surface area contributed by atoms with Gasteiger partial charge in [-0.25, -0.2) is 0 Å². The highest BCUT2D eigenvalue weighted by Gasteiger charge is 2.38. The van der Waals surface area contributed by atoms with E-state index in [-0.39, 0.29) is 17.1 Å². The van der Waals surface area contributed by atoms with E-state index >= 15 is 0 Å². The van der Waals surface area contributed by atoms with Crippen molar-refractivity contribution in [3.05, 3.63) is 76.9 Å². The summed E-state index contributed by atoms with van der Waals surface area (Å²) in [6, 6.07) is 18.5. The largest absolute Gasteiger partial charge is 0.507 e. The summed E-state index contributed by atoms with van der Waals surface area (Å²) in [4.78, 5) is 15.7. The van der Waals surface area contributed by atoms with Crippen LogP contribution in [0.1, 0.15) is 47.3 Å². The molecule has 0 saturated heterocycles. The molecule has 156 valence electrons. The minimum atomic E-state index is -0.230. The minimum absolute atomic E-state index is 0.115. The van der Waals surface area contributed by atoms with Gasteiger partial charge in [0.15, 0.2) is 0 Å². The molecule has 4 nitrogen and oxygen atoms in total. The van der Waals surface area contributed by atoms with Gasteiger partial charge in [0.05, 0.1) is 16.4 Å². The Balaban J connectivity index is 1.59. The van der Waals surface area contributed by atoms with Gasteiger partial charge in [-0.3, -0.25) is 14.3 Å². The Bertz CT molecular complexity index is 1370. The van der Waals surface area contributed by atoms with E-state index in [1.807, 2.05) is 16.7 Å². The normalized spacial score (nSPS) is 17.9. The van der Waals surface area contributed by atoms with Gasteiger partial charge >= 0.3 is 0 Å². The van der Waals surface area contributed by atoms with Crippen LogP contribution in [-0.2, 0) is 24.9 Å². The Labute approximate surface area is 181 Å². The third-order valence-electron chi connectivity index (χ3n) is 7.13. The van der Waals surface area contributed by atoms with Crippen LogP contribution in [0, 0.1) is 0 Å². The number of hydrogen-bond donors (Lipinski definition) is 1. The van der Waals surface area contributed by atoms with Gasteiger partial charge in [-0.05, 0) is 40.8 Å². The predicted molar refractivity (Wildman–Crippen MR) is 124 cm³/mol. The van der Waals surface area contributed by atoms with Gasteiger partial charge in [0.25, 0.3) is 0 Å². The van der Waals surface area contributed by atoms with E-state index in [0.29, 0.717) is 6.42 Å². The van der Waals surface area contributed by atoms with E-state index < -0.39 is 0 Å². The van der Waals surface area contributed by atoms with Crippen molar-refractivity contribution < 1.29 is 9.90 Å². The second-order valence-electron chi connectivity index (χ2n) is 9.69. The SMILES string of the molecule is CC1(C)CC(=O)n2c3cccc(O)c3c3c4c(cc1c32)CN(Cc1ccccc1)CC4. The van der Waals surface area contributed by atoms with E-state index in [9.17, 15) is 9.90 Å². The van der Waals surface area contributed by atoms with Crippen LogP contribution in [0.3, 0.4) is 0 Å². The third kappa shape index (κ3) is 2.68. The third-order valence-corrected chi connectivity index (χ3v) is 7.13. The van der Waals surface area contributed by atoms with E-state index in [0.717, 1.165) is 47.9 Å². The molecule has 0 saturated carbocycles. The zero-order chi connectivity index (χ0) is 21.3. The van der Waals surface area contributed by atoms with Crippen molar-refractivity contribution in [3.63, 3.8) is 0 Å². The fraction of sp³-hybridized carbons (Fsp3) is 0.296. The van der Waals surface area contributed by atoms with Gasteiger partial charge < -0.3 is 5.11 Å². The molecule has 0 atom stereocenters. The lowest BCUT2D eigenvalue weighted by molar-refractivity contribution is 0.0877. The lowest BCUT2D eigenvalue weighted by atomic mass is 9.76. The first-order valence-corrected chi connectivity index (χ1v) is 11.0. The summed E-state index contributed by atoms with van der Waals surface area (Å²) in [6.07, 6.45) is 1.39. The Morgan fingerprint density at radius 1 is 1.03 bits per heavy atom. The first kappa shape index (κ1) is 18.6. The average Bonchev–Trinajstić information content (AvgIpc) is 3.09. The van der Waals surface area contributed by atoms with Crippen molar-refractivity contribution in [3.8, 4) is 5.75 Å². The van der Waals surface area contributed by atoms with Crippen molar-refractivity contribution >= 4 is 27.7 Å². The molecule has 0 spiro atoms. The molecule has 1 aromatic heterocycles. The van der Waals surface area contributed by atoms with Crippen LogP contribution in [0.2, 0.25) is 0 Å². The number of hydrogen-bond acceptors (Lipinski definition) is 3. The van der Waals surface area contributed by atoms with Crippen LogP contribution in [-0.4, -0.2) is 27.0 Å².